The quantitative estimate of drug-likeness (QED) is 0.561. The number of aromatic amines is 1. The predicted molar refractivity (Wildman–Crippen MR) is 46.9 cm³/mol. The van der Waals surface area contributed by atoms with Crippen molar-refractivity contribution in [2.24, 2.45) is 0 Å². The summed E-state index contributed by atoms with van der Waals surface area (Å²) in [7, 11) is -1.80. The molecule has 0 unspecified atom stereocenters. The van der Waals surface area contributed by atoms with E-state index in [1.54, 1.807) is 24.5 Å². The fraction of sp³-hybridized carbons (Fsp3) is 0. The molecule has 3 N–H and O–H groups in total. The van der Waals surface area contributed by atoms with Crippen molar-refractivity contribution in [1.29, 1.82) is 0 Å². The lowest BCUT2D eigenvalue weighted by Gasteiger charge is -2.02. The minimum atomic E-state index is -1.80. The number of benzene rings is 1. The van der Waals surface area contributed by atoms with E-state index in [-0.39, 0.29) is 0 Å². The van der Waals surface area contributed by atoms with Gasteiger partial charge in [-0.25, -0.2) is 4.98 Å². The second-order valence-corrected chi connectivity index (χ2v) is 2.53. The van der Waals surface area contributed by atoms with E-state index in [1.165, 1.54) is 0 Å². The molecule has 0 saturated heterocycles. The number of imidazole rings is 1. The molecule has 1 heterocycles. The largest absolute Gasteiger partial charge is 0.707 e. The van der Waals surface area contributed by atoms with E-state index in [4.69, 9.17) is 10.0 Å². The Morgan fingerprint density at radius 1 is 1.38 bits per heavy atom. The van der Waals surface area contributed by atoms with Gasteiger partial charge in [-0.05, 0) is 12.1 Å². The van der Waals surface area contributed by atoms with Gasteiger partial charge in [0.1, 0.15) is 5.75 Å². The highest BCUT2D eigenvalue weighted by Crippen LogP contribution is 2.17. The van der Waals surface area contributed by atoms with E-state index in [9.17, 15) is 0 Å². The van der Waals surface area contributed by atoms with Crippen molar-refractivity contribution < 1.29 is 14.7 Å². The molecule has 0 aliphatic rings. The smallest absolute Gasteiger partial charge is 0.512 e. The summed E-state index contributed by atoms with van der Waals surface area (Å²) in [4.78, 5) is 6.90. The lowest BCUT2D eigenvalue weighted by Crippen LogP contribution is -2.20. The molecule has 6 heteroatoms. The summed E-state index contributed by atoms with van der Waals surface area (Å²) in [5, 5.41) is 17.1. The average Bonchev–Trinajstić information content (AvgIpc) is 2.49. The molecule has 0 amide bonds. The predicted octanol–water partition coefficient (Wildman–Crippen LogP) is -0.0888. The van der Waals surface area contributed by atoms with Gasteiger partial charge in [-0.1, -0.05) is 0 Å². The molecule has 0 fully saturated rings. The first-order valence-electron chi connectivity index (χ1n) is 3.71. The number of rotatable bonds is 2. The zero-order valence-electron chi connectivity index (χ0n) is 6.64. The van der Waals surface area contributed by atoms with Crippen LogP contribution in [0.2, 0.25) is 0 Å². The first kappa shape index (κ1) is 8.09. The van der Waals surface area contributed by atoms with E-state index in [0.29, 0.717) is 5.75 Å². The molecule has 0 bridgehead atoms. The van der Waals surface area contributed by atoms with Gasteiger partial charge < -0.3 is 19.7 Å². The highest BCUT2D eigenvalue weighted by atomic mass is 16.6. The topological polar surface area (TPSA) is 78.4 Å². The van der Waals surface area contributed by atoms with E-state index < -0.39 is 7.32 Å². The van der Waals surface area contributed by atoms with Crippen LogP contribution in [0.15, 0.2) is 24.5 Å². The third-order valence-corrected chi connectivity index (χ3v) is 1.63. The maximum absolute atomic E-state index is 8.53. The van der Waals surface area contributed by atoms with Crippen LogP contribution in [0.4, 0.5) is 0 Å². The molecule has 66 valence electrons. The fourth-order valence-corrected chi connectivity index (χ4v) is 1.11. The van der Waals surface area contributed by atoms with Gasteiger partial charge in [0.15, 0.2) is 0 Å². The van der Waals surface area contributed by atoms with Crippen LogP contribution in [0.3, 0.4) is 0 Å². The van der Waals surface area contributed by atoms with Crippen LogP contribution in [0.25, 0.3) is 11.0 Å². The summed E-state index contributed by atoms with van der Waals surface area (Å²) in [5.74, 6) is 0.370. The Bertz CT molecular complexity index is 415. The minimum Gasteiger partial charge on any atom is -0.512 e. The number of fused-ring (bicyclic) bond motifs is 1. The van der Waals surface area contributed by atoms with Crippen molar-refractivity contribution >= 4 is 18.4 Å². The highest BCUT2D eigenvalue weighted by molar-refractivity contribution is 6.33. The third-order valence-electron chi connectivity index (χ3n) is 1.63. The number of hydrogen-bond donors (Lipinski definition) is 3. The van der Waals surface area contributed by atoms with Gasteiger partial charge in [-0.15, -0.1) is 0 Å². The summed E-state index contributed by atoms with van der Waals surface area (Å²) in [6, 6.07) is 4.99. The first-order valence-corrected chi connectivity index (χ1v) is 3.71. The Morgan fingerprint density at radius 2 is 2.23 bits per heavy atom. The molecule has 2 aromatic rings. The van der Waals surface area contributed by atoms with E-state index in [0.717, 1.165) is 11.0 Å². The summed E-state index contributed by atoms with van der Waals surface area (Å²) < 4.78 is 4.65. The molecule has 0 spiro atoms. The van der Waals surface area contributed by atoms with Crippen molar-refractivity contribution in [2.45, 2.75) is 0 Å². The van der Waals surface area contributed by atoms with Crippen LogP contribution in [0.5, 0.6) is 5.75 Å². The molecule has 0 aliphatic heterocycles. The molecule has 1 aromatic carbocycles. The Balaban J connectivity index is 2.37. The summed E-state index contributed by atoms with van der Waals surface area (Å²) in [6.45, 7) is 0. The van der Waals surface area contributed by atoms with Gasteiger partial charge in [0, 0.05) is 6.07 Å². The molecular weight excluding hydrogens is 171 g/mol. The third kappa shape index (κ3) is 1.63. The van der Waals surface area contributed by atoms with Crippen molar-refractivity contribution in [1.82, 2.24) is 9.97 Å². The molecule has 0 aliphatic carbocycles. The molecule has 0 radical (unpaired) electrons. The van der Waals surface area contributed by atoms with Gasteiger partial charge >= 0.3 is 7.32 Å². The van der Waals surface area contributed by atoms with E-state index >= 15 is 0 Å². The van der Waals surface area contributed by atoms with Gasteiger partial charge in [0.05, 0.1) is 17.4 Å². The zero-order chi connectivity index (χ0) is 9.26. The van der Waals surface area contributed by atoms with Crippen molar-refractivity contribution in [3.8, 4) is 5.75 Å². The lowest BCUT2D eigenvalue weighted by molar-refractivity contribution is 0.288. The standard InChI is InChI=1S/C7H7BN2O3/c11-8(12)13-5-1-2-6-7(3-5)10-4-9-6/h1-4,11-12H,(H,9,10). The number of hydrogen-bond acceptors (Lipinski definition) is 4. The van der Waals surface area contributed by atoms with Crippen LogP contribution in [-0.2, 0) is 0 Å². The van der Waals surface area contributed by atoms with Crippen LogP contribution < -0.4 is 4.65 Å². The maximum atomic E-state index is 8.53. The monoisotopic (exact) mass is 178 g/mol. The van der Waals surface area contributed by atoms with Crippen LogP contribution in [0, 0.1) is 0 Å². The van der Waals surface area contributed by atoms with Crippen LogP contribution in [-0.4, -0.2) is 27.3 Å². The van der Waals surface area contributed by atoms with Crippen molar-refractivity contribution in [3.63, 3.8) is 0 Å². The van der Waals surface area contributed by atoms with Gasteiger partial charge in [-0.3, -0.25) is 0 Å². The molecule has 1 aromatic heterocycles. The number of nitrogens with one attached hydrogen (secondary N) is 1. The van der Waals surface area contributed by atoms with Crippen molar-refractivity contribution in [2.75, 3.05) is 0 Å². The number of H-pyrrole nitrogens is 1. The zero-order valence-corrected chi connectivity index (χ0v) is 6.64. The lowest BCUT2D eigenvalue weighted by atomic mass is 10.2. The fourth-order valence-electron chi connectivity index (χ4n) is 1.11. The molecule has 5 nitrogen and oxygen atoms in total. The SMILES string of the molecule is OB(O)Oc1ccc2[nH]cnc2c1. The van der Waals surface area contributed by atoms with E-state index in [1.807, 2.05) is 0 Å². The minimum absolute atomic E-state index is 0.370. The maximum Gasteiger partial charge on any atom is 0.707 e. The molecule has 0 saturated carbocycles. The molecule has 2 rings (SSSR count). The Hall–Kier alpha value is -1.53. The molecule has 13 heavy (non-hydrogen) atoms. The van der Waals surface area contributed by atoms with Gasteiger partial charge in [0.25, 0.3) is 0 Å². The molecular formula is C7H7BN2O3. The number of nitrogens with zero attached hydrogens (tertiary/aromatic N) is 1. The second kappa shape index (κ2) is 3.08. The molecule has 0 atom stereocenters. The van der Waals surface area contributed by atoms with Crippen LogP contribution in [0.1, 0.15) is 0 Å². The van der Waals surface area contributed by atoms with Crippen LogP contribution >= 0.6 is 0 Å². The Kier molecular flexibility index (Phi) is 1.92. The van der Waals surface area contributed by atoms with Gasteiger partial charge in [0.2, 0.25) is 0 Å². The summed E-state index contributed by atoms with van der Waals surface area (Å²) >= 11 is 0. The Morgan fingerprint density at radius 3 is 3.00 bits per heavy atom. The average molecular weight is 178 g/mol. The number of aromatic nitrogens is 2. The second-order valence-electron chi connectivity index (χ2n) is 2.53. The highest BCUT2D eigenvalue weighted by Gasteiger charge is 2.11. The van der Waals surface area contributed by atoms with Crippen molar-refractivity contribution in [3.05, 3.63) is 24.5 Å². The Labute approximate surface area is 74.2 Å². The first-order chi connectivity index (χ1) is 6.25. The summed E-state index contributed by atoms with van der Waals surface area (Å²) in [5.41, 5.74) is 1.60. The van der Waals surface area contributed by atoms with E-state index in [2.05, 4.69) is 14.6 Å². The normalized spacial score (nSPS) is 10.3. The van der Waals surface area contributed by atoms with Gasteiger partial charge in [-0.2, -0.15) is 0 Å². The summed E-state index contributed by atoms with van der Waals surface area (Å²) in [6.07, 6.45) is 1.56.